The standard InChI is InChI=1S/C14H23BrN2O2/c1-17(2)7-5-4-6-16-10-11-8-12(15)14(18)13(9-11)19-3/h8-9,16,18H,4-7,10H2,1-3H3. The van der Waals surface area contributed by atoms with Crippen LogP contribution in [0.3, 0.4) is 0 Å². The Morgan fingerprint density at radius 1 is 1.32 bits per heavy atom. The number of hydrogen-bond acceptors (Lipinski definition) is 4. The molecule has 0 saturated heterocycles. The highest BCUT2D eigenvalue weighted by molar-refractivity contribution is 9.10. The van der Waals surface area contributed by atoms with E-state index >= 15 is 0 Å². The Morgan fingerprint density at radius 3 is 2.68 bits per heavy atom. The first kappa shape index (κ1) is 16.3. The fraction of sp³-hybridized carbons (Fsp3) is 0.571. The van der Waals surface area contributed by atoms with Crippen LogP contribution in [0.25, 0.3) is 0 Å². The fourth-order valence-corrected chi connectivity index (χ4v) is 2.29. The molecule has 108 valence electrons. The lowest BCUT2D eigenvalue weighted by Gasteiger charge is -2.11. The predicted molar refractivity (Wildman–Crippen MR) is 81.9 cm³/mol. The van der Waals surface area contributed by atoms with Crippen LogP contribution in [0.15, 0.2) is 16.6 Å². The zero-order valence-electron chi connectivity index (χ0n) is 11.9. The van der Waals surface area contributed by atoms with Crippen LogP contribution in [0.4, 0.5) is 0 Å². The van der Waals surface area contributed by atoms with Crippen molar-refractivity contribution in [3.63, 3.8) is 0 Å². The van der Waals surface area contributed by atoms with E-state index < -0.39 is 0 Å². The summed E-state index contributed by atoms with van der Waals surface area (Å²) in [6.07, 6.45) is 2.36. The maximum Gasteiger partial charge on any atom is 0.172 e. The molecule has 0 radical (unpaired) electrons. The van der Waals surface area contributed by atoms with E-state index in [1.165, 1.54) is 6.42 Å². The summed E-state index contributed by atoms with van der Waals surface area (Å²) in [5.74, 6) is 0.649. The van der Waals surface area contributed by atoms with Gasteiger partial charge in [-0.2, -0.15) is 0 Å². The summed E-state index contributed by atoms with van der Waals surface area (Å²) < 4.78 is 5.79. The molecule has 0 aliphatic heterocycles. The van der Waals surface area contributed by atoms with Gasteiger partial charge in [-0.3, -0.25) is 0 Å². The molecule has 0 spiro atoms. The van der Waals surface area contributed by atoms with E-state index in [1.54, 1.807) is 7.11 Å². The molecule has 0 heterocycles. The topological polar surface area (TPSA) is 44.7 Å². The van der Waals surface area contributed by atoms with E-state index in [-0.39, 0.29) is 5.75 Å². The minimum absolute atomic E-state index is 0.150. The first-order valence-electron chi connectivity index (χ1n) is 6.45. The molecule has 4 nitrogen and oxygen atoms in total. The molecule has 0 saturated carbocycles. The molecule has 0 aliphatic carbocycles. The number of phenolic OH excluding ortho intramolecular Hbond substituents is 1. The number of halogens is 1. The number of unbranched alkanes of at least 4 members (excludes halogenated alkanes) is 1. The second-order valence-electron chi connectivity index (χ2n) is 4.82. The third-order valence-electron chi connectivity index (χ3n) is 2.85. The lowest BCUT2D eigenvalue weighted by atomic mass is 10.2. The Morgan fingerprint density at radius 2 is 2.05 bits per heavy atom. The zero-order valence-corrected chi connectivity index (χ0v) is 13.5. The number of methoxy groups -OCH3 is 1. The second kappa shape index (κ2) is 8.40. The molecule has 2 N–H and O–H groups in total. The summed E-state index contributed by atoms with van der Waals surface area (Å²) in [5.41, 5.74) is 1.09. The number of aromatic hydroxyl groups is 1. The highest BCUT2D eigenvalue weighted by atomic mass is 79.9. The lowest BCUT2D eigenvalue weighted by molar-refractivity contribution is 0.371. The third kappa shape index (κ3) is 5.80. The molecule has 0 fully saturated rings. The fourth-order valence-electron chi connectivity index (χ4n) is 1.80. The lowest BCUT2D eigenvalue weighted by Crippen LogP contribution is -2.18. The summed E-state index contributed by atoms with van der Waals surface area (Å²) in [7, 11) is 5.74. The average Bonchev–Trinajstić information content (AvgIpc) is 2.37. The summed E-state index contributed by atoms with van der Waals surface area (Å²) in [6, 6.07) is 3.76. The largest absolute Gasteiger partial charge is 0.503 e. The van der Waals surface area contributed by atoms with Crippen LogP contribution in [-0.4, -0.2) is 44.3 Å². The van der Waals surface area contributed by atoms with E-state index in [2.05, 4.69) is 40.2 Å². The maximum atomic E-state index is 9.72. The van der Waals surface area contributed by atoms with Gasteiger partial charge in [-0.05, 0) is 73.7 Å². The Hall–Kier alpha value is -0.780. The SMILES string of the molecule is COc1cc(CNCCCCN(C)C)cc(Br)c1O. The van der Waals surface area contributed by atoms with Gasteiger partial charge < -0.3 is 20.1 Å². The Kier molecular flexibility index (Phi) is 7.20. The van der Waals surface area contributed by atoms with Crippen LogP contribution in [0.2, 0.25) is 0 Å². The van der Waals surface area contributed by atoms with Gasteiger partial charge in [0.25, 0.3) is 0 Å². The van der Waals surface area contributed by atoms with E-state index in [4.69, 9.17) is 4.74 Å². The van der Waals surface area contributed by atoms with Crippen LogP contribution in [0, 0.1) is 0 Å². The van der Waals surface area contributed by atoms with E-state index in [0.717, 1.165) is 31.6 Å². The van der Waals surface area contributed by atoms with Crippen molar-refractivity contribution in [2.45, 2.75) is 19.4 Å². The summed E-state index contributed by atoms with van der Waals surface area (Å²) >= 11 is 3.32. The van der Waals surface area contributed by atoms with Gasteiger partial charge in [0, 0.05) is 6.54 Å². The van der Waals surface area contributed by atoms with Crippen LogP contribution in [0.1, 0.15) is 18.4 Å². The minimum atomic E-state index is 0.150. The molecule has 0 unspecified atom stereocenters. The third-order valence-corrected chi connectivity index (χ3v) is 3.45. The predicted octanol–water partition coefficient (Wildman–Crippen LogP) is 2.59. The summed E-state index contributed by atoms with van der Waals surface area (Å²) in [5, 5.41) is 13.1. The van der Waals surface area contributed by atoms with Gasteiger partial charge in [-0.1, -0.05) is 0 Å². The smallest absolute Gasteiger partial charge is 0.172 e. The van der Waals surface area contributed by atoms with Crippen molar-refractivity contribution in [3.05, 3.63) is 22.2 Å². The molecule has 5 heteroatoms. The quantitative estimate of drug-likeness (QED) is 0.719. The van der Waals surface area contributed by atoms with Crippen molar-refractivity contribution in [2.75, 3.05) is 34.3 Å². The number of nitrogens with one attached hydrogen (secondary N) is 1. The van der Waals surface area contributed by atoms with Crippen LogP contribution in [-0.2, 0) is 6.54 Å². The Bertz CT molecular complexity index is 397. The molecule has 0 amide bonds. The van der Waals surface area contributed by atoms with Crippen molar-refractivity contribution < 1.29 is 9.84 Å². The molecule has 0 atom stereocenters. The number of rotatable bonds is 8. The molecular weight excluding hydrogens is 308 g/mol. The number of ether oxygens (including phenoxy) is 1. The van der Waals surface area contributed by atoms with Gasteiger partial charge in [0.15, 0.2) is 11.5 Å². The minimum Gasteiger partial charge on any atom is -0.503 e. The van der Waals surface area contributed by atoms with E-state index in [0.29, 0.717) is 10.2 Å². The first-order chi connectivity index (χ1) is 9.04. The van der Waals surface area contributed by atoms with Gasteiger partial charge >= 0.3 is 0 Å². The molecule has 0 aromatic heterocycles. The normalized spacial score (nSPS) is 11.0. The van der Waals surface area contributed by atoms with Gasteiger partial charge in [0.05, 0.1) is 11.6 Å². The maximum absolute atomic E-state index is 9.72. The van der Waals surface area contributed by atoms with Gasteiger partial charge in [-0.25, -0.2) is 0 Å². The molecule has 1 aromatic carbocycles. The van der Waals surface area contributed by atoms with Crippen LogP contribution >= 0.6 is 15.9 Å². The van der Waals surface area contributed by atoms with Crippen molar-refractivity contribution in [1.82, 2.24) is 10.2 Å². The molecule has 19 heavy (non-hydrogen) atoms. The monoisotopic (exact) mass is 330 g/mol. The zero-order chi connectivity index (χ0) is 14.3. The summed E-state index contributed by atoms with van der Waals surface area (Å²) in [4.78, 5) is 2.20. The number of phenols is 1. The Labute approximate surface area is 123 Å². The Balaban J connectivity index is 2.35. The van der Waals surface area contributed by atoms with Gasteiger partial charge in [0.1, 0.15) is 0 Å². The first-order valence-corrected chi connectivity index (χ1v) is 7.24. The molecule has 0 aliphatic rings. The van der Waals surface area contributed by atoms with Crippen molar-refractivity contribution >= 4 is 15.9 Å². The van der Waals surface area contributed by atoms with E-state index in [9.17, 15) is 5.11 Å². The van der Waals surface area contributed by atoms with Crippen molar-refractivity contribution in [1.29, 1.82) is 0 Å². The summed E-state index contributed by atoms with van der Waals surface area (Å²) in [6.45, 7) is 2.89. The van der Waals surface area contributed by atoms with Crippen molar-refractivity contribution in [2.24, 2.45) is 0 Å². The highest BCUT2D eigenvalue weighted by Gasteiger charge is 2.08. The number of hydrogen-bond donors (Lipinski definition) is 2. The molecule has 0 bridgehead atoms. The van der Waals surface area contributed by atoms with Gasteiger partial charge in [-0.15, -0.1) is 0 Å². The second-order valence-corrected chi connectivity index (χ2v) is 5.67. The molecule has 1 aromatic rings. The number of benzene rings is 1. The van der Waals surface area contributed by atoms with Gasteiger partial charge in [0.2, 0.25) is 0 Å². The molecular formula is C14H23BrN2O2. The highest BCUT2D eigenvalue weighted by Crippen LogP contribution is 2.35. The van der Waals surface area contributed by atoms with Crippen molar-refractivity contribution in [3.8, 4) is 11.5 Å². The van der Waals surface area contributed by atoms with Crippen LogP contribution in [0.5, 0.6) is 11.5 Å². The average molecular weight is 331 g/mol. The number of nitrogens with zero attached hydrogens (tertiary/aromatic N) is 1. The molecule has 1 rings (SSSR count). The van der Waals surface area contributed by atoms with E-state index in [1.807, 2.05) is 12.1 Å². The van der Waals surface area contributed by atoms with Crippen LogP contribution < -0.4 is 10.1 Å².